The Morgan fingerprint density at radius 2 is 2.26 bits per heavy atom. The third-order valence-corrected chi connectivity index (χ3v) is 4.06. The highest BCUT2D eigenvalue weighted by Crippen LogP contribution is 2.25. The summed E-state index contributed by atoms with van der Waals surface area (Å²) < 4.78 is 3.12. The molecule has 3 N–H and O–H groups in total. The molecular weight excluding hydrogens is 258 g/mol. The molecule has 0 radical (unpaired) electrons. The molecule has 0 aliphatic rings. The van der Waals surface area contributed by atoms with Crippen LogP contribution in [0.3, 0.4) is 0 Å². The van der Waals surface area contributed by atoms with Gasteiger partial charge in [0.15, 0.2) is 0 Å². The number of rotatable bonds is 4. The van der Waals surface area contributed by atoms with E-state index in [-0.39, 0.29) is 6.04 Å². The summed E-state index contributed by atoms with van der Waals surface area (Å²) >= 11 is 1.70. The molecule has 19 heavy (non-hydrogen) atoms. The molecule has 0 saturated heterocycles. The van der Waals surface area contributed by atoms with Crippen LogP contribution < -0.4 is 11.3 Å². The topological polar surface area (TPSA) is 68.8 Å². The summed E-state index contributed by atoms with van der Waals surface area (Å²) in [6.45, 7) is 0. The van der Waals surface area contributed by atoms with Gasteiger partial charge in [0.2, 0.25) is 0 Å². The van der Waals surface area contributed by atoms with Crippen LogP contribution in [0.25, 0.3) is 10.2 Å². The predicted octanol–water partition coefficient (Wildman–Crippen LogP) is 1.78. The van der Waals surface area contributed by atoms with Gasteiger partial charge in [-0.15, -0.1) is 11.3 Å². The molecule has 3 aromatic rings. The summed E-state index contributed by atoms with van der Waals surface area (Å²) in [5.74, 6) is 5.63. The van der Waals surface area contributed by atoms with Crippen LogP contribution in [0, 0.1) is 0 Å². The molecule has 0 aliphatic carbocycles. The highest BCUT2D eigenvalue weighted by Gasteiger charge is 2.15. The molecule has 5 nitrogen and oxygen atoms in total. The molecule has 0 spiro atoms. The Labute approximate surface area is 115 Å². The van der Waals surface area contributed by atoms with Gasteiger partial charge in [0, 0.05) is 19.7 Å². The van der Waals surface area contributed by atoms with Crippen molar-refractivity contribution < 1.29 is 0 Å². The first kappa shape index (κ1) is 12.3. The lowest BCUT2D eigenvalue weighted by Gasteiger charge is -2.11. The molecule has 0 aliphatic heterocycles. The van der Waals surface area contributed by atoms with E-state index in [1.165, 1.54) is 4.70 Å². The number of fused-ring (bicyclic) bond motifs is 1. The van der Waals surface area contributed by atoms with Crippen LogP contribution >= 0.6 is 11.3 Å². The monoisotopic (exact) mass is 273 g/mol. The lowest BCUT2D eigenvalue weighted by molar-refractivity contribution is 0.539. The molecule has 98 valence electrons. The van der Waals surface area contributed by atoms with Gasteiger partial charge in [-0.2, -0.15) is 0 Å². The van der Waals surface area contributed by atoms with Crippen molar-refractivity contribution in [2.75, 3.05) is 0 Å². The summed E-state index contributed by atoms with van der Waals surface area (Å²) in [6, 6.07) is 8.13. The number of hydrogen-bond donors (Lipinski definition) is 2. The smallest absolute Gasteiger partial charge is 0.0958 e. The van der Waals surface area contributed by atoms with Gasteiger partial charge in [0.05, 0.1) is 33.3 Å². The van der Waals surface area contributed by atoms with Crippen LogP contribution in [-0.4, -0.2) is 14.5 Å². The fourth-order valence-electron chi connectivity index (χ4n) is 2.04. The maximum atomic E-state index is 5.63. The lowest BCUT2D eigenvalue weighted by Crippen LogP contribution is -2.29. The van der Waals surface area contributed by atoms with E-state index in [2.05, 4.69) is 21.5 Å². The van der Waals surface area contributed by atoms with Gasteiger partial charge in [-0.25, -0.2) is 9.97 Å². The first-order chi connectivity index (χ1) is 9.26. The van der Waals surface area contributed by atoms with Crippen molar-refractivity contribution >= 4 is 21.6 Å². The number of para-hydroxylation sites is 1. The maximum absolute atomic E-state index is 5.63. The molecular formula is C13H15N5S. The Morgan fingerprint density at radius 1 is 1.42 bits per heavy atom. The molecule has 6 heteroatoms. The zero-order chi connectivity index (χ0) is 13.2. The summed E-state index contributed by atoms with van der Waals surface area (Å²) in [6.07, 6.45) is 4.49. The number of imidazole rings is 1. The second-order valence-corrected chi connectivity index (χ2v) is 5.58. The molecule has 1 unspecified atom stereocenters. The average Bonchev–Trinajstić information content (AvgIpc) is 3.01. The van der Waals surface area contributed by atoms with Crippen LogP contribution in [-0.2, 0) is 13.5 Å². The van der Waals surface area contributed by atoms with E-state index in [0.29, 0.717) is 0 Å². The molecule has 1 atom stereocenters. The van der Waals surface area contributed by atoms with Gasteiger partial charge in [-0.3, -0.25) is 11.3 Å². The largest absolute Gasteiger partial charge is 0.340 e. The van der Waals surface area contributed by atoms with E-state index in [9.17, 15) is 0 Å². The fourth-order valence-corrected chi connectivity index (χ4v) is 3.06. The van der Waals surface area contributed by atoms with Crippen molar-refractivity contribution in [1.82, 2.24) is 20.0 Å². The van der Waals surface area contributed by atoms with Crippen LogP contribution in [0.5, 0.6) is 0 Å². The minimum Gasteiger partial charge on any atom is -0.340 e. The van der Waals surface area contributed by atoms with Crippen molar-refractivity contribution in [3.63, 3.8) is 0 Å². The number of nitrogens with one attached hydrogen (secondary N) is 1. The fraction of sp³-hybridized carbons (Fsp3) is 0.231. The van der Waals surface area contributed by atoms with Crippen LogP contribution in [0.1, 0.15) is 16.7 Å². The van der Waals surface area contributed by atoms with E-state index in [4.69, 9.17) is 5.84 Å². The normalized spacial score (nSPS) is 12.9. The Kier molecular flexibility index (Phi) is 3.29. The molecule has 0 saturated carbocycles. The van der Waals surface area contributed by atoms with Gasteiger partial charge >= 0.3 is 0 Å². The van der Waals surface area contributed by atoms with E-state index >= 15 is 0 Å². The number of aryl methyl sites for hydroxylation is 1. The second kappa shape index (κ2) is 5.08. The van der Waals surface area contributed by atoms with Gasteiger partial charge in [-0.05, 0) is 12.1 Å². The third kappa shape index (κ3) is 2.51. The van der Waals surface area contributed by atoms with Crippen LogP contribution in [0.2, 0.25) is 0 Å². The summed E-state index contributed by atoms with van der Waals surface area (Å²) in [7, 11) is 1.95. The highest BCUT2D eigenvalue weighted by molar-refractivity contribution is 7.18. The molecule has 2 heterocycles. The Bertz CT molecular complexity index is 654. The summed E-state index contributed by atoms with van der Waals surface area (Å²) in [5.41, 5.74) is 4.79. The SMILES string of the molecule is Cn1cnc(C(Cc2nc3ccccc3s2)NN)c1. The number of nitrogens with zero attached hydrogens (tertiary/aromatic N) is 3. The number of aromatic nitrogens is 3. The van der Waals surface area contributed by atoms with Gasteiger partial charge in [-0.1, -0.05) is 12.1 Å². The standard InChI is InChI=1S/C13H15N5S/c1-18-7-11(15-8-18)10(17-14)6-13-16-9-4-2-3-5-12(9)19-13/h2-5,7-8,10,17H,6,14H2,1H3. The molecule has 0 fully saturated rings. The minimum absolute atomic E-state index is 0.0123. The van der Waals surface area contributed by atoms with Crippen molar-refractivity contribution in [3.8, 4) is 0 Å². The average molecular weight is 273 g/mol. The van der Waals surface area contributed by atoms with Crippen molar-refractivity contribution in [2.45, 2.75) is 12.5 Å². The van der Waals surface area contributed by atoms with E-state index in [0.717, 1.165) is 22.6 Å². The highest BCUT2D eigenvalue weighted by atomic mass is 32.1. The maximum Gasteiger partial charge on any atom is 0.0958 e. The first-order valence-electron chi connectivity index (χ1n) is 6.04. The van der Waals surface area contributed by atoms with Gasteiger partial charge < -0.3 is 4.57 Å². The zero-order valence-corrected chi connectivity index (χ0v) is 11.4. The zero-order valence-electron chi connectivity index (χ0n) is 10.6. The van der Waals surface area contributed by atoms with E-state index in [1.54, 1.807) is 17.7 Å². The van der Waals surface area contributed by atoms with Crippen molar-refractivity contribution in [1.29, 1.82) is 0 Å². The van der Waals surface area contributed by atoms with E-state index < -0.39 is 0 Å². The Hall–Kier alpha value is -1.76. The minimum atomic E-state index is -0.0123. The Morgan fingerprint density at radius 3 is 2.95 bits per heavy atom. The number of nitrogens with two attached hydrogens (primary N) is 1. The van der Waals surface area contributed by atoms with Gasteiger partial charge in [0.25, 0.3) is 0 Å². The molecule has 0 amide bonds. The van der Waals surface area contributed by atoms with Crippen LogP contribution in [0.4, 0.5) is 0 Å². The van der Waals surface area contributed by atoms with E-state index in [1.807, 2.05) is 36.0 Å². The quantitative estimate of drug-likeness (QED) is 0.561. The summed E-state index contributed by atoms with van der Waals surface area (Å²) in [4.78, 5) is 8.96. The first-order valence-corrected chi connectivity index (χ1v) is 6.86. The number of thiazole rings is 1. The number of benzene rings is 1. The van der Waals surface area contributed by atoms with Crippen molar-refractivity contribution in [2.24, 2.45) is 12.9 Å². The summed E-state index contributed by atoms with van der Waals surface area (Å²) in [5, 5.41) is 1.06. The lowest BCUT2D eigenvalue weighted by atomic mass is 10.2. The molecule has 3 rings (SSSR count). The number of hydrogen-bond acceptors (Lipinski definition) is 5. The predicted molar refractivity (Wildman–Crippen MR) is 76.6 cm³/mol. The molecule has 0 bridgehead atoms. The molecule has 1 aromatic carbocycles. The Balaban J connectivity index is 1.86. The van der Waals surface area contributed by atoms with Crippen molar-refractivity contribution in [3.05, 3.63) is 47.5 Å². The number of hydrazine groups is 1. The van der Waals surface area contributed by atoms with Crippen LogP contribution in [0.15, 0.2) is 36.8 Å². The molecule has 2 aromatic heterocycles. The second-order valence-electron chi connectivity index (χ2n) is 4.46. The van der Waals surface area contributed by atoms with Gasteiger partial charge in [0.1, 0.15) is 0 Å². The third-order valence-electron chi connectivity index (χ3n) is 3.00.